The summed E-state index contributed by atoms with van der Waals surface area (Å²) >= 11 is 0. The van der Waals surface area contributed by atoms with Crippen molar-refractivity contribution in [2.75, 3.05) is 26.1 Å². The Balaban J connectivity index is 1.53. The van der Waals surface area contributed by atoms with Crippen LogP contribution >= 0.6 is 0 Å². The fourth-order valence-electron chi connectivity index (χ4n) is 4.69. The van der Waals surface area contributed by atoms with Gasteiger partial charge < -0.3 is 23.9 Å². The van der Waals surface area contributed by atoms with Crippen LogP contribution in [-0.4, -0.2) is 26.7 Å². The zero-order valence-corrected chi connectivity index (χ0v) is 21.5. The Morgan fingerprint density at radius 3 is 2.46 bits per heavy atom. The quantitative estimate of drug-likeness (QED) is 0.383. The van der Waals surface area contributed by atoms with E-state index in [2.05, 4.69) is 38.2 Å². The molecular formula is C29H35NO5. The van der Waals surface area contributed by atoms with E-state index in [1.165, 1.54) is 28.7 Å². The van der Waals surface area contributed by atoms with E-state index in [4.69, 9.17) is 18.6 Å². The molecule has 1 amide bonds. The lowest BCUT2D eigenvalue weighted by Crippen LogP contribution is -2.13. The molecule has 0 bridgehead atoms. The van der Waals surface area contributed by atoms with Gasteiger partial charge >= 0.3 is 0 Å². The fourth-order valence-corrected chi connectivity index (χ4v) is 4.69. The van der Waals surface area contributed by atoms with Crippen LogP contribution in [0.1, 0.15) is 72.2 Å². The minimum atomic E-state index is -0.373. The second-order valence-corrected chi connectivity index (χ2v) is 9.77. The number of anilines is 1. The van der Waals surface area contributed by atoms with Gasteiger partial charge in [0, 0.05) is 18.6 Å². The molecule has 6 heteroatoms. The molecule has 0 atom stereocenters. The topological polar surface area (TPSA) is 69.9 Å². The molecule has 4 rings (SSSR count). The van der Waals surface area contributed by atoms with Gasteiger partial charge in [-0.1, -0.05) is 32.9 Å². The number of amides is 1. The standard InChI is InChI=1S/C29H35NO5/c1-7-12-34-22-16-25(32-5)27(26(17-22)33-6)30-28(31)24-9-8-21(35-24)14-20-15-23-19(13-18(20)2)10-11-29(23,3)4/h8-9,13,15-17H,7,10-12,14H2,1-6H3,(H,30,31). The highest BCUT2D eigenvalue weighted by Crippen LogP contribution is 2.41. The van der Waals surface area contributed by atoms with Crippen molar-refractivity contribution in [2.45, 2.75) is 58.8 Å². The lowest BCUT2D eigenvalue weighted by Gasteiger charge is -2.20. The molecule has 0 spiro atoms. The zero-order chi connectivity index (χ0) is 25.2. The Kier molecular flexibility index (Phi) is 7.10. The highest BCUT2D eigenvalue weighted by atomic mass is 16.5. The third kappa shape index (κ3) is 5.16. The maximum Gasteiger partial charge on any atom is 0.291 e. The number of carbonyl (C=O) groups is 1. The van der Waals surface area contributed by atoms with Gasteiger partial charge in [0.2, 0.25) is 0 Å². The maximum absolute atomic E-state index is 13.0. The zero-order valence-electron chi connectivity index (χ0n) is 21.5. The molecule has 2 aromatic carbocycles. The summed E-state index contributed by atoms with van der Waals surface area (Å²) in [7, 11) is 3.08. The van der Waals surface area contributed by atoms with Gasteiger partial charge in [0.25, 0.3) is 5.91 Å². The Bertz CT molecular complexity index is 1200. The van der Waals surface area contributed by atoms with Gasteiger partial charge in [-0.05, 0) is 66.0 Å². The molecule has 186 valence electrons. The van der Waals surface area contributed by atoms with Crippen LogP contribution in [0.3, 0.4) is 0 Å². The van der Waals surface area contributed by atoms with Crippen molar-refractivity contribution < 1.29 is 23.4 Å². The first-order valence-electron chi connectivity index (χ1n) is 12.2. The Labute approximate surface area is 207 Å². The summed E-state index contributed by atoms with van der Waals surface area (Å²) in [5, 5.41) is 2.88. The molecule has 3 aromatic rings. The average Bonchev–Trinajstić information content (AvgIpc) is 3.42. The molecular weight excluding hydrogens is 442 g/mol. The van der Waals surface area contributed by atoms with Gasteiger partial charge in [-0.2, -0.15) is 0 Å². The van der Waals surface area contributed by atoms with Crippen LogP contribution in [0.25, 0.3) is 0 Å². The van der Waals surface area contributed by atoms with Crippen molar-refractivity contribution in [3.05, 3.63) is 70.2 Å². The number of aryl methyl sites for hydroxylation is 2. The molecule has 35 heavy (non-hydrogen) atoms. The monoisotopic (exact) mass is 477 g/mol. The average molecular weight is 478 g/mol. The molecule has 1 N–H and O–H groups in total. The van der Waals surface area contributed by atoms with Gasteiger partial charge in [0.1, 0.15) is 28.7 Å². The first-order valence-corrected chi connectivity index (χ1v) is 12.2. The second-order valence-electron chi connectivity index (χ2n) is 9.77. The van der Waals surface area contributed by atoms with E-state index in [1.807, 2.05) is 13.0 Å². The van der Waals surface area contributed by atoms with Crippen LogP contribution in [0, 0.1) is 6.92 Å². The number of ether oxygens (including phenoxy) is 3. The van der Waals surface area contributed by atoms with Gasteiger partial charge in [0.05, 0.1) is 20.8 Å². The molecule has 0 radical (unpaired) electrons. The first-order chi connectivity index (χ1) is 16.7. The minimum Gasteiger partial charge on any atom is -0.494 e. The van der Waals surface area contributed by atoms with Crippen LogP contribution in [0.15, 0.2) is 40.8 Å². The van der Waals surface area contributed by atoms with Crippen LogP contribution in [0.2, 0.25) is 0 Å². The van der Waals surface area contributed by atoms with Gasteiger partial charge in [0.15, 0.2) is 5.76 Å². The predicted octanol–water partition coefficient (Wildman–Crippen LogP) is 6.46. The Morgan fingerprint density at radius 2 is 1.80 bits per heavy atom. The SMILES string of the molecule is CCCOc1cc(OC)c(NC(=O)c2ccc(Cc3cc4c(cc3C)CCC4(C)C)o2)c(OC)c1. The van der Waals surface area contributed by atoms with Crippen LogP contribution in [0.5, 0.6) is 17.2 Å². The first kappa shape index (κ1) is 24.7. The lowest BCUT2D eigenvalue weighted by atomic mass is 9.84. The Morgan fingerprint density at radius 1 is 1.09 bits per heavy atom. The molecule has 1 aromatic heterocycles. The van der Waals surface area contributed by atoms with Gasteiger partial charge in [-0.3, -0.25) is 4.79 Å². The predicted molar refractivity (Wildman–Crippen MR) is 137 cm³/mol. The number of methoxy groups -OCH3 is 2. The van der Waals surface area contributed by atoms with Crippen molar-refractivity contribution in [3.63, 3.8) is 0 Å². The van der Waals surface area contributed by atoms with E-state index in [9.17, 15) is 4.79 Å². The van der Waals surface area contributed by atoms with Gasteiger partial charge in [-0.25, -0.2) is 0 Å². The molecule has 0 unspecified atom stereocenters. The van der Waals surface area contributed by atoms with Crippen LogP contribution in [-0.2, 0) is 18.3 Å². The second kappa shape index (κ2) is 10.1. The summed E-state index contributed by atoms with van der Waals surface area (Å²) in [4.78, 5) is 13.0. The molecule has 1 heterocycles. The summed E-state index contributed by atoms with van der Waals surface area (Å²) in [6.07, 6.45) is 3.83. The summed E-state index contributed by atoms with van der Waals surface area (Å²) in [5.74, 6) is 2.12. The van der Waals surface area contributed by atoms with Crippen molar-refractivity contribution in [3.8, 4) is 17.2 Å². The highest BCUT2D eigenvalue weighted by Gasteiger charge is 2.30. The number of hydrogen-bond donors (Lipinski definition) is 1. The summed E-state index contributed by atoms with van der Waals surface area (Å²) in [6.45, 7) is 9.36. The van der Waals surface area contributed by atoms with E-state index < -0.39 is 0 Å². The number of carbonyl (C=O) groups excluding carboxylic acids is 1. The van der Waals surface area contributed by atoms with Gasteiger partial charge in [-0.15, -0.1) is 0 Å². The van der Waals surface area contributed by atoms with E-state index in [-0.39, 0.29) is 17.1 Å². The Hall–Kier alpha value is -3.41. The largest absolute Gasteiger partial charge is 0.494 e. The number of rotatable bonds is 9. The van der Waals surface area contributed by atoms with E-state index in [0.717, 1.165) is 18.6 Å². The summed E-state index contributed by atoms with van der Waals surface area (Å²) in [5.41, 5.74) is 5.98. The van der Waals surface area contributed by atoms with Crippen molar-refractivity contribution in [2.24, 2.45) is 0 Å². The van der Waals surface area contributed by atoms with Crippen LogP contribution < -0.4 is 19.5 Å². The molecule has 1 aliphatic carbocycles. The normalized spacial score (nSPS) is 13.9. The minimum absolute atomic E-state index is 0.196. The molecule has 1 aliphatic rings. The molecule has 0 saturated carbocycles. The van der Waals surface area contributed by atoms with Crippen LogP contribution in [0.4, 0.5) is 5.69 Å². The smallest absolute Gasteiger partial charge is 0.291 e. The number of fused-ring (bicyclic) bond motifs is 1. The molecule has 0 aliphatic heterocycles. The molecule has 0 saturated heterocycles. The maximum atomic E-state index is 13.0. The molecule has 6 nitrogen and oxygen atoms in total. The third-order valence-corrected chi connectivity index (χ3v) is 6.75. The fraction of sp³-hybridized carbons (Fsp3) is 0.414. The lowest BCUT2D eigenvalue weighted by molar-refractivity contribution is 0.0994. The van der Waals surface area contributed by atoms with E-state index in [1.54, 1.807) is 32.4 Å². The number of benzene rings is 2. The number of furan rings is 1. The van der Waals surface area contributed by atoms with E-state index in [0.29, 0.717) is 36.0 Å². The van der Waals surface area contributed by atoms with E-state index >= 15 is 0 Å². The summed E-state index contributed by atoms with van der Waals surface area (Å²) < 4.78 is 22.6. The van der Waals surface area contributed by atoms with Crippen molar-refractivity contribution in [1.82, 2.24) is 0 Å². The summed E-state index contributed by atoms with van der Waals surface area (Å²) in [6, 6.07) is 11.7. The number of nitrogens with one attached hydrogen (secondary N) is 1. The molecule has 0 fully saturated rings. The third-order valence-electron chi connectivity index (χ3n) is 6.75. The van der Waals surface area contributed by atoms with Crippen molar-refractivity contribution in [1.29, 1.82) is 0 Å². The highest BCUT2D eigenvalue weighted by molar-refractivity contribution is 6.04. The van der Waals surface area contributed by atoms with Crippen molar-refractivity contribution >= 4 is 11.6 Å². The number of hydrogen-bond acceptors (Lipinski definition) is 5.